The van der Waals surface area contributed by atoms with E-state index in [1.807, 2.05) is 0 Å². The summed E-state index contributed by atoms with van der Waals surface area (Å²) in [6, 6.07) is 32.1. The minimum atomic E-state index is -2.39. The van der Waals surface area contributed by atoms with Crippen LogP contribution in [0.3, 0.4) is 0 Å². The van der Waals surface area contributed by atoms with Gasteiger partial charge in [-0.2, -0.15) is 0 Å². The van der Waals surface area contributed by atoms with Gasteiger partial charge in [-0.1, -0.05) is 102 Å². The van der Waals surface area contributed by atoms with Gasteiger partial charge in [-0.3, -0.25) is 0 Å². The summed E-state index contributed by atoms with van der Waals surface area (Å²) in [6.07, 6.45) is 0. The predicted octanol–water partition coefficient (Wildman–Crippen LogP) is 2.68. The third-order valence-corrected chi connectivity index (χ3v) is 10.8. The zero-order valence-electron chi connectivity index (χ0n) is 14.9. The van der Waals surface area contributed by atoms with Gasteiger partial charge in [-0.05, 0) is 29.4 Å². The van der Waals surface area contributed by atoms with Crippen LogP contribution in [0.25, 0.3) is 0 Å². The van der Waals surface area contributed by atoms with Gasteiger partial charge in [0.2, 0.25) is 0 Å². The van der Waals surface area contributed by atoms with Crippen LogP contribution >= 0.6 is 0 Å². The Hall–Kier alpha value is -2.21. The van der Waals surface area contributed by atoms with Gasteiger partial charge >= 0.3 is 0 Å². The van der Waals surface area contributed by atoms with Gasteiger partial charge in [0.15, 0.2) is 9.76 Å². The molecule has 0 aromatic heterocycles. The first-order valence-corrected chi connectivity index (χ1v) is 11.9. The summed E-state index contributed by atoms with van der Waals surface area (Å²) in [5, 5.41) is 3.96. The fourth-order valence-electron chi connectivity index (χ4n) is 3.09. The van der Waals surface area contributed by atoms with Crippen molar-refractivity contribution in [3.63, 3.8) is 0 Å². The van der Waals surface area contributed by atoms with Gasteiger partial charge in [-0.25, -0.2) is 0 Å². The molecule has 126 valence electrons. The molecule has 3 aromatic rings. The molecule has 0 atom stereocenters. The average Bonchev–Trinajstić information content (AvgIpc) is 2.67. The molecular weight excluding hydrogens is 336 g/mol. The van der Waals surface area contributed by atoms with E-state index in [2.05, 4.69) is 111 Å². The molecule has 0 saturated carbocycles. The van der Waals surface area contributed by atoms with E-state index >= 15 is 0 Å². The zero-order chi connectivity index (χ0) is 17.5. The molecule has 0 aliphatic rings. The number of hydrogen-bond acceptors (Lipinski definition) is 1. The van der Waals surface area contributed by atoms with Crippen LogP contribution in [0.15, 0.2) is 102 Å². The largest absolute Gasteiger partial charge is 0.447 e. The molecule has 0 N–H and O–H groups in total. The van der Waals surface area contributed by atoms with E-state index in [1.54, 1.807) is 0 Å². The fraction of sp³-hybridized carbons (Fsp3) is 0.0909. The van der Waals surface area contributed by atoms with Gasteiger partial charge in [-0.15, -0.1) is 0 Å². The Kier molecular flexibility index (Phi) is 5.81. The van der Waals surface area contributed by atoms with E-state index in [4.69, 9.17) is 4.12 Å². The lowest BCUT2D eigenvalue weighted by molar-refractivity contribution is 0.629. The normalized spacial score (nSPS) is 11.6. The SMILES string of the molecule is CC(C)=C[Si](O[SiH2]c1ccccc1)(c1ccccc1)c1ccccc1. The molecule has 0 heterocycles. The monoisotopic (exact) mass is 360 g/mol. The Morgan fingerprint density at radius 3 is 1.60 bits per heavy atom. The van der Waals surface area contributed by atoms with Gasteiger partial charge in [0.1, 0.15) is 0 Å². The molecule has 3 aromatic carbocycles. The van der Waals surface area contributed by atoms with Crippen LogP contribution in [0.2, 0.25) is 0 Å². The van der Waals surface area contributed by atoms with Crippen molar-refractivity contribution in [3.8, 4) is 0 Å². The van der Waals surface area contributed by atoms with Crippen molar-refractivity contribution in [3.05, 3.63) is 102 Å². The lowest BCUT2D eigenvalue weighted by atomic mass is 10.4. The van der Waals surface area contributed by atoms with Crippen molar-refractivity contribution in [1.82, 2.24) is 0 Å². The van der Waals surface area contributed by atoms with Crippen molar-refractivity contribution in [1.29, 1.82) is 0 Å². The predicted molar refractivity (Wildman–Crippen MR) is 113 cm³/mol. The van der Waals surface area contributed by atoms with E-state index in [0.717, 1.165) is 0 Å². The third kappa shape index (κ3) is 4.26. The maximum absolute atomic E-state index is 6.90. The summed E-state index contributed by atoms with van der Waals surface area (Å²) >= 11 is 0. The Balaban J connectivity index is 2.09. The average molecular weight is 361 g/mol. The molecule has 0 radical (unpaired) electrons. The maximum Gasteiger partial charge on any atom is 0.270 e. The quantitative estimate of drug-likeness (QED) is 0.614. The first kappa shape index (κ1) is 17.6. The molecule has 0 bridgehead atoms. The smallest absolute Gasteiger partial charge is 0.270 e. The molecule has 0 aliphatic heterocycles. The van der Waals surface area contributed by atoms with Gasteiger partial charge in [0.05, 0.1) is 0 Å². The highest BCUT2D eigenvalue weighted by Gasteiger charge is 2.37. The number of hydrogen-bond donors (Lipinski definition) is 0. The first-order valence-electron chi connectivity index (χ1n) is 8.66. The molecule has 0 spiro atoms. The second-order valence-corrected chi connectivity index (χ2v) is 11.6. The summed E-state index contributed by atoms with van der Waals surface area (Å²) < 4.78 is 6.90. The van der Waals surface area contributed by atoms with Crippen LogP contribution in [-0.4, -0.2) is 18.1 Å². The summed E-state index contributed by atoms with van der Waals surface area (Å²) in [6.45, 7) is 4.34. The number of rotatable bonds is 6. The van der Waals surface area contributed by atoms with Crippen molar-refractivity contribution in [2.75, 3.05) is 0 Å². The highest BCUT2D eigenvalue weighted by Crippen LogP contribution is 2.12. The van der Waals surface area contributed by atoms with E-state index in [-0.39, 0.29) is 0 Å². The second kappa shape index (κ2) is 8.25. The maximum atomic E-state index is 6.90. The fourth-order valence-corrected chi connectivity index (χ4v) is 9.65. The number of benzene rings is 3. The Bertz CT molecular complexity index is 771. The van der Waals surface area contributed by atoms with E-state index in [9.17, 15) is 0 Å². The van der Waals surface area contributed by atoms with E-state index in [0.29, 0.717) is 0 Å². The minimum absolute atomic E-state index is 0.829. The third-order valence-electron chi connectivity index (χ3n) is 4.21. The molecule has 0 aliphatic carbocycles. The van der Waals surface area contributed by atoms with Crippen LogP contribution < -0.4 is 15.6 Å². The lowest BCUT2D eigenvalue weighted by Crippen LogP contribution is -2.61. The van der Waals surface area contributed by atoms with Crippen LogP contribution in [0.5, 0.6) is 0 Å². The van der Waals surface area contributed by atoms with Crippen LogP contribution in [0.4, 0.5) is 0 Å². The lowest BCUT2D eigenvalue weighted by Gasteiger charge is -2.31. The van der Waals surface area contributed by atoms with Crippen molar-refractivity contribution in [2.45, 2.75) is 13.8 Å². The second-order valence-electron chi connectivity index (χ2n) is 6.46. The van der Waals surface area contributed by atoms with Crippen LogP contribution in [0.1, 0.15) is 13.8 Å². The summed E-state index contributed by atoms with van der Waals surface area (Å²) in [4.78, 5) is 0. The summed E-state index contributed by atoms with van der Waals surface area (Å²) in [5.74, 6) is 0. The molecule has 0 fully saturated rings. The summed E-state index contributed by atoms with van der Waals surface area (Å²) in [7, 11) is -3.22. The van der Waals surface area contributed by atoms with Gasteiger partial charge in [0, 0.05) is 0 Å². The van der Waals surface area contributed by atoms with Crippen molar-refractivity contribution in [2.24, 2.45) is 0 Å². The van der Waals surface area contributed by atoms with Gasteiger partial charge < -0.3 is 4.12 Å². The Labute approximate surface area is 154 Å². The molecule has 3 rings (SSSR count). The molecule has 0 saturated heterocycles. The topological polar surface area (TPSA) is 9.23 Å². The van der Waals surface area contributed by atoms with Crippen molar-refractivity contribution >= 4 is 33.6 Å². The molecule has 0 unspecified atom stereocenters. The molecule has 25 heavy (non-hydrogen) atoms. The summed E-state index contributed by atoms with van der Waals surface area (Å²) in [5.41, 5.74) is 3.70. The molecule has 0 amide bonds. The Morgan fingerprint density at radius 1 is 0.720 bits per heavy atom. The van der Waals surface area contributed by atoms with E-state index in [1.165, 1.54) is 21.1 Å². The molecule has 3 heteroatoms. The van der Waals surface area contributed by atoms with Crippen LogP contribution in [-0.2, 0) is 4.12 Å². The van der Waals surface area contributed by atoms with Crippen LogP contribution in [0, 0.1) is 0 Å². The Morgan fingerprint density at radius 2 is 1.16 bits per heavy atom. The molecular formula is C22H24OSi2. The first-order chi connectivity index (χ1) is 12.2. The minimum Gasteiger partial charge on any atom is -0.447 e. The highest BCUT2D eigenvalue weighted by atomic mass is 28.4. The standard InChI is InChI=1S/C22H24OSi2/c1-19(2)18-25(21-14-8-4-9-15-21,22-16-10-5-11-17-22)23-24-20-12-6-3-7-13-20/h3-18H,24H2,1-2H3. The highest BCUT2D eigenvalue weighted by molar-refractivity contribution is 7.03. The van der Waals surface area contributed by atoms with Crippen molar-refractivity contribution < 1.29 is 4.12 Å². The molecule has 1 nitrogen and oxygen atoms in total. The van der Waals surface area contributed by atoms with E-state index < -0.39 is 18.1 Å². The van der Waals surface area contributed by atoms with Gasteiger partial charge in [0.25, 0.3) is 8.32 Å². The number of allylic oxidation sites excluding steroid dienone is 1. The zero-order valence-corrected chi connectivity index (χ0v) is 17.3.